The number of aliphatic hydroxyl groups excluding tert-OH is 1. The zero-order chi connectivity index (χ0) is 13.2. The quantitative estimate of drug-likeness (QED) is 0.648. The normalized spacial score (nSPS) is 12.2. The Hall–Kier alpha value is -1.30. The van der Waals surface area contributed by atoms with Crippen LogP contribution in [0.5, 0.6) is 5.75 Å². The van der Waals surface area contributed by atoms with Gasteiger partial charge in [0.05, 0.1) is 33.0 Å². The molecule has 1 aromatic carbocycles. The minimum absolute atomic E-state index is 0.298. The van der Waals surface area contributed by atoms with E-state index >= 15 is 0 Å². The van der Waals surface area contributed by atoms with Gasteiger partial charge in [0.1, 0.15) is 5.75 Å². The van der Waals surface area contributed by atoms with Crippen molar-refractivity contribution in [2.45, 2.75) is 6.10 Å². The van der Waals surface area contributed by atoms with Gasteiger partial charge in [-0.25, -0.2) is 0 Å². The zero-order valence-corrected chi connectivity index (χ0v) is 10.9. The summed E-state index contributed by atoms with van der Waals surface area (Å²) in [5.41, 5.74) is 0.937. The molecule has 2 N–H and O–H groups in total. The third-order valence-corrected chi connectivity index (χ3v) is 2.37. The van der Waals surface area contributed by atoms with Gasteiger partial charge in [-0.3, -0.25) is 0 Å². The fourth-order valence-electron chi connectivity index (χ4n) is 1.37. The second-order valence-electron chi connectivity index (χ2n) is 3.83. The first-order valence-corrected chi connectivity index (χ1v) is 5.89. The van der Waals surface area contributed by atoms with Crippen molar-refractivity contribution in [2.75, 3.05) is 45.9 Å². The first-order chi connectivity index (χ1) is 8.76. The van der Waals surface area contributed by atoms with Crippen molar-refractivity contribution in [2.24, 2.45) is 0 Å². The molecule has 1 atom stereocenters. The van der Waals surface area contributed by atoms with Gasteiger partial charge in [-0.05, 0) is 24.3 Å². The average molecular weight is 255 g/mol. The van der Waals surface area contributed by atoms with Gasteiger partial charge in [0.15, 0.2) is 0 Å². The summed E-state index contributed by atoms with van der Waals surface area (Å²) >= 11 is 0. The van der Waals surface area contributed by atoms with Crippen molar-refractivity contribution < 1.29 is 19.3 Å². The Morgan fingerprint density at radius 3 is 2.50 bits per heavy atom. The number of anilines is 1. The van der Waals surface area contributed by atoms with Gasteiger partial charge in [-0.1, -0.05) is 0 Å². The Bertz CT molecular complexity index is 315. The maximum absolute atomic E-state index is 9.66. The summed E-state index contributed by atoms with van der Waals surface area (Å²) in [6.07, 6.45) is -0.538. The van der Waals surface area contributed by atoms with E-state index in [9.17, 15) is 5.11 Å². The molecule has 5 heteroatoms. The van der Waals surface area contributed by atoms with Gasteiger partial charge in [-0.15, -0.1) is 0 Å². The highest BCUT2D eigenvalue weighted by atomic mass is 16.5. The van der Waals surface area contributed by atoms with Crippen LogP contribution in [0.2, 0.25) is 0 Å². The van der Waals surface area contributed by atoms with Gasteiger partial charge in [-0.2, -0.15) is 0 Å². The molecule has 102 valence electrons. The van der Waals surface area contributed by atoms with Crippen molar-refractivity contribution in [1.82, 2.24) is 0 Å². The number of ether oxygens (including phenoxy) is 3. The summed E-state index contributed by atoms with van der Waals surface area (Å²) in [5.74, 6) is 0.809. The summed E-state index contributed by atoms with van der Waals surface area (Å²) in [5, 5.41) is 12.8. The Kier molecular flexibility index (Phi) is 7.17. The number of hydrogen-bond acceptors (Lipinski definition) is 5. The van der Waals surface area contributed by atoms with Crippen LogP contribution in [-0.4, -0.2) is 51.8 Å². The number of aliphatic hydroxyl groups is 1. The topological polar surface area (TPSA) is 60.0 Å². The lowest BCUT2D eigenvalue weighted by Crippen LogP contribution is -2.25. The molecule has 1 rings (SSSR count). The van der Waals surface area contributed by atoms with Crippen molar-refractivity contribution in [3.8, 4) is 5.75 Å². The maximum atomic E-state index is 9.66. The third kappa shape index (κ3) is 5.86. The average Bonchev–Trinajstić information content (AvgIpc) is 2.42. The minimum atomic E-state index is -0.538. The number of benzene rings is 1. The highest BCUT2D eigenvalue weighted by Gasteiger charge is 2.04. The molecule has 1 aromatic rings. The van der Waals surface area contributed by atoms with E-state index in [-0.39, 0.29) is 0 Å². The fraction of sp³-hybridized carbons (Fsp3) is 0.538. The molecular formula is C13H21NO4. The predicted octanol–water partition coefficient (Wildman–Crippen LogP) is 1.13. The molecule has 0 saturated heterocycles. The first-order valence-electron chi connectivity index (χ1n) is 5.89. The van der Waals surface area contributed by atoms with Crippen LogP contribution in [0, 0.1) is 0 Å². The van der Waals surface area contributed by atoms with E-state index in [1.165, 1.54) is 0 Å². The largest absolute Gasteiger partial charge is 0.497 e. The number of nitrogens with one attached hydrogen (secondary N) is 1. The molecule has 0 radical (unpaired) electrons. The molecule has 0 aliphatic carbocycles. The second-order valence-corrected chi connectivity index (χ2v) is 3.83. The molecule has 0 aromatic heterocycles. The van der Waals surface area contributed by atoms with Gasteiger partial charge in [0.2, 0.25) is 0 Å². The van der Waals surface area contributed by atoms with E-state index in [0.29, 0.717) is 26.4 Å². The van der Waals surface area contributed by atoms with Crippen molar-refractivity contribution >= 4 is 5.69 Å². The van der Waals surface area contributed by atoms with Crippen LogP contribution in [0.3, 0.4) is 0 Å². The molecule has 1 unspecified atom stereocenters. The number of hydrogen-bond donors (Lipinski definition) is 2. The molecule has 0 bridgehead atoms. The lowest BCUT2D eigenvalue weighted by molar-refractivity contribution is 0.0182. The molecule has 0 amide bonds. The molecule has 0 spiro atoms. The van der Waals surface area contributed by atoms with Crippen molar-refractivity contribution in [3.63, 3.8) is 0 Å². The lowest BCUT2D eigenvalue weighted by Gasteiger charge is -2.13. The first kappa shape index (κ1) is 14.8. The monoisotopic (exact) mass is 255 g/mol. The Labute approximate surface area is 108 Å². The molecule has 0 fully saturated rings. The Balaban J connectivity index is 2.18. The summed E-state index contributed by atoms with van der Waals surface area (Å²) in [6, 6.07) is 7.53. The van der Waals surface area contributed by atoms with Crippen LogP contribution in [0.15, 0.2) is 24.3 Å². The number of methoxy groups -OCH3 is 2. The highest BCUT2D eigenvalue weighted by Crippen LogP contribution is 2.14. The van der Waals surface area contributed by atoms with E-state index in [4.69, 9.17) is 14.2 Å². The molecule has 0 aliphatic rings. The smallest absolute Gasteiger partial charge is 0.119 e. The standard InChI is InChI=1S/C13H21NO4/c1-16-7-8-18-10-12(15)9-14-11-3-5-13(17-2)6-4-11/h3-6,12,14-15H,7-10H2,1-2H3. The number of rotatable bonds is 9. The molecule has 0 aliphatic heterocycles. The van der Waals surface area contributed by atoms with E-state index < -0.39 is 6.10 Å². The summed E-state index contributed by atoms with van der Waals surface area (Å²) in [7, 11) is 3.24. The van der Waals surface area contributed by atoms with E-state index in [1.54, 1.807) is 14.2 Å². The minimum Gasteiger partial charge on any atom is -0.497 e. The van der Waals surface area contributed by atoms with Crippen LogP contribution in [0.1, 0.15) is 0 Å². The highest BCUT2D eigenvalue weighted by molar-refractivity contribution is 5.46. The van der Waals surface area contributed by atoms with Crippen molar-refractivity contribution in [3.05, 3.63) is 24.3 Å². The van der Waals surface area contributed by atoms with Crippen LogP contribution in [0.4, 0.5) is 5.69 Å². The second kappa shape index (κ2) is 8.74. The van der Waals surface area contributed by atoms with Gasteiger partial charge < -0.3 is 24.6 Å². The predicted molar refractivity (Wildman–Crippen MR) is 70.2 cm³/mol. The SMILES string of the molecule is COCCOCC(O)CNc1ccc(OC)cc1. The molecule has 0 saturated carbocycles. The van der Waals surface area contributed by atoms with Gasteiger partial charge in [0, 0.05) is 19.3 Å². The molecular weight excluding hydrogens is 234 g/mol. The van der Waals surface area contributed by atoms with Crippen LogP contribution < -0.4 is 10.1 Å². The van der Waals surface area contributed by atoms with E-state index in [0.717, 1.165) is 11.4 Å². The molecule has 18 heavy (non-hydrogen) atoms. The maximum Gasteiger partial charge on any atom is 0.119 e. The Morgan fingerprint density at radius 2 is 1.89 bits per heavy atom. The summed E-state index contributed by atoms with van der Waals surface area (Å²) < 4.78 is 15.1. The van der Waals surface area contributed by atoms with Gasteiger partial charge >= 0.3 is 0 Å². The van der Waals surface area contributed by atoms with Crippen LogP contribution in [0.25, 0.3) is 0 Å². The Morgan fingerprint density at radius 1 is 1.17 bits per heavy atom. The molecule has 0 heterocycles. The lowest BCUT2D eigenvalue weighted by atomic mass is 10.3. The third-order valence-electron chi connectivity index (χ3n) is 2.37. The molecule has 5 nitrogen and oxygen atoms in total. The summed E-state index contributed by atoms with van der Waals surface area (Å²) in [6.45, 7) is 1.78. The summed E-state index contributed by atoms with van der Waals surface area (Å²) in [4.78, 5) is 0. The van der Waals surface area contributed by atoms with Crippen LogP contribution >= 0.6 is 0 Å². The van der Waals surface area contributed by atoms with Crippen molar-refractivity contribution in [1.29, 1.82) is 0 Å². The zero-order valence-electron chi connectivity index (χ0n) is 10.9. The van der Waals surface area contributed by atoms with E-state index in [2.05, 4.69) is 5.32 Å². The fourth-order valence-corrected chi connectivity index (χ4v) is 1.37. The van der Waals surface area contributed by atoms with Gasteiger partial charge in [0.25, 0.3) is 0 Å². The van der Waals surface area contributed by atoms with E-state index in [1.807, 2.05) is 24.3 Å². The van der Waals surface area contributed by atoms with Crippen LogP contribution in [-0.2, 0) is 9.47 Å².